The second-order valence-corrected chi connectivity index (χ2v) is 18.7. The lowest BCUT2D eigenvalue weighted by molar-refractivity contribution is -0.183. The lowest BCUT2D eigenvalue weighted by Crippen LogP contribution is -2.60. The first kappa shape index (κ1) is 33.9. The zero-order chi connectivity index (χ0) is 33.7. The smallest absolute Gasteiger partial charge is 0.410 e. The number of carbonyl (C=O) groups is 2. The van der Waals surface area contributed by atoms with Crippen LogP contribution in [0.15, 0.2) is 0 Å². The molecule has 8 nitrogen and oxygen atoms in total. The van der Waals surface area contributed by atoms with E-state index in [1.54, 1.807) is 12.0 Å². The fraction of sp³-hybridized carbons (Fsp3) is 0.949. The molecular weight excluding hydrogens is 592 g/mol. The Morgan fingerprint density at radius 2 is 1.47 bits per heavy atom. The molecule has 47 heavy (non-hydrogen) atoms. The second-order valence-electron chi connectivity index (χ2n) is 18.7. The molecule has 0 bridgehead atoms. The number of carbonyl (C=O) groups excluding carboxylic acids is 2. The molecule has 0 aromatic heterocycles. The summed E-state index contributed by atoms with van der Waals surface area (Å²) in [6.07, 6.45) is 10.8. The summed E-state index contributed by atoms with van der Waals surface area (Å²) in [5, 5.41) is 12.2. The maximum atomic E-state index is 12.9. The lowest BCUT2D eigenvalue weighted by Gasteiger charge is -2.64. The Morgan fingerprint density at radius 1 is 0.851 bits per heavy atom. The number of likely N-dealkylation sites (tertiary alicyclic amines) is 2. The Morgan fingerprint density at radius 3 is 2.06 bits per heavy atom. The number of rotatable bonds is 8. The van der Waals surface area contributed by atoms with E-state index in [-0.39, 0.29) is 58.8 Å². The van der Waals surface area contributed by atoms with Gasteiger partial charge >= 0.3 is 12.2 Å². The molecule has 1 N–H and O–H groups in total. The van der Waals surface area contributed by atoms with Gasteiger partial charge in [0.25, 0.3) is 0 Å². The normalized spacial score (nSPS) is 44.9. The average Bonchev–Trinajstić information content (AvgIpc) is 3.57. The lowest BCUT2D eigenvalue weighted by atomic mass is 9.41. The standard InChI is InChI=1S/C39H64N2O6/c1-24(2)32(47-34(44)41-19-10-20-41)27(45-8)21-25(3)26-22-30(42)37(7)29-12-11-28-35(4,5)31(46-33(43)40-17-9-18-40)13-14-38(28)23-39(29,38)16-15-36(26,37)6/h24-32,42H,9-23H2,1-8H3/t25-,26-,27?,28+,29?,30+,31?,32?,36?,37-,38?,39?/m1/s1. The van der Waals surface area contributed by atoms with E-state index in [0.29, 0.717) is 34.5 Å². The Hall–Kier alpha value is -1.54. The van der Waals surface area contributed by atoms with Gasteiger partial charge in [0.05, 0.1) is 12.2 Å². The number of ether oxygens (including phenoxy) is 3. The van der Waals surface area contributed by atoms with Crippen LogP contribution in [0.5, 0.6) is 0 Å². The zero-order valence-electron chi connectivity index (χ0n) is 30.7. The summed E-state index contributed by atoms with van der Waals surface area (Å²) in [6, 6.07) is 0. The van der Waals surface area contributed by atoms with Gasteiger partial charge < -0.3 is 29.1 Å². The highest BCUT2D eigenvalue weighted by molar-refractivity contribution is 5.69. The average molecular weight is 657 g/mol. The maximum Gasteiger partial charge on any atom is 0.410 e. The number of aliphatic hydroxyl groups excluding tert-OH is 1. The van der Waals surface area contributed by atoms with Crippen molar-refractivity contribution in [2.75, 3.05) is 33.3 Å². The predicted molar refractivity (Wildman–Crippen MR) is 181 cm³/mol. The molecule has 7 fully saturated rings. The highest BCUT2D eigenvalue weighted by Crippen LogP contribution is 2.89. The Kier molecular flexibility index (Phi) is 8.30. The number of methoxy groups -OCH3 is 1. The Bertz CT molecular complexity index is 1230. The summed E-state index contributed by atoms with van der Waals surface area (Å²) in [7, 11) is 1.76. The molecule has 2 heterocycles. The van der Waals surface area contributed by atoms with Crippen LogP contribution in [-0.2, 0) is 14.2 Å². The number of nitrogens with zero attached hydrogens (tertiary/aromatic N) is 2. The molecule has 2 spiro atoms. The number of hydrogen-bond acceptors (Lipinski definition) is 6. The monoisotopic (exact) mass is 656 g/mol. The number of amides is 2. The second kappa shape index (κ2) is 11.5. The Labute approximate surface area is 284 Å². The number of hydrogen-bond donors (Lipinski definition) is 1. The summed E-state index contributed by atoms with van der Waals surface area (Å²) in [4.78, 5) is 29.3. The van der Waals surface area contributed by atoms with Crippen molar-refractivity contribution in [3.05, 3.63) is 0 Å². The summed E-state index contributed by atoms with van der Waals surface area (Å²) >= 11 is 0. The van der Waals surface area contributed by atoms with Crippen molar-refractivity contribution in [1.29, 1.82) is 0 Å². The van der Waals surface area contributed by atoms with Gasteiger partial charge in [-0.25, -0.2) is 9.59 Å². The van der Waals surface area contributed by atoms with Crippen molar-refractivity contribution < 1.29 is 28.9 Å². The Balaban J connectivity index is 1.08. The summed E-state index contributed by atoms with van der Waals surface area (Å²) in [5.41, 5.74) is 0.488. The minimum absolute atomic E-state index is 0.0132. The zero-order valence-corrected chi connectivity index (χ0v) is 30.7. The molecule has 5 aliphatic carbocycles. The van der Waals surface area contributed by atoms with E-state index in [0.717, 1.165) is 77.5 Å². The van der Waals surface area contributed by atoms with Gasteiger partial charge in [0.15, 0.2) is 0 Å². The topological polar surface area (TPSA) is 88.5 Å². The molecule has 5 saturated carbocycles. The third-order valence-electron chi connectivity index (χ3n) is 16.5. The molecule has 8 heteroatoms. The molecule has 2 amide bonds. The molecule has 266 valence electrons. The quantitative estimate of drug-likeness (QED) is 0.291. The van der Waals surface area contributed by atoms with E-state index in [1.165, 1.54) is 19.3 Å². The van der Waals surface area contributed by atoms with Crippen LogP contribution in [0.3, 0.4) is 0 Å². The molecular formula is C39H64N2O6. The molecule has 2 saturated heterocycles. The van der Waals surface area contributed by atoms with Gasteiger partial charge in [0, 0.05) is 44.1 Å². The number of fused-ring (bicyclic) bond motifs is 2. The molecule has 7 aliphatic rings. The van der Waals surface area contributed by atoms with Crippen LogP contribution in [0.2, 0.25) is 0 Å². The first-order chi connectivity index (χ1) is 22.2. The van der Waals surface area contributed by atoms with E-state index in [2.05, 4.69) is 48.5 Å². The third-order valence-corrected chi connectivity index (χ3v) is 16.5. The van der Waals surface area contributed by atoms with Gasteiger partial charge in [-0.3, -0.25) is 0 Å². The van der Waals surface area contributed by atoms with Gasteiger partial charge in [-0.15, -0.1) is 0 Å². The summed E-state index contributed by atoms with van der Waals surface area (Å²) in [5.74, 6) is 1.95. The van der Waals surface area contributed by atoms with Crippen molar-refractivity contribution in [3.8, 4) is 0 Å². The van der Waals surface area contributed by atoms with Crippen molar-refractivity contribution in [2.24, 2.45) is 56.7 Å². The molecule has 2 aliphatic heterocycles. The van der Waals surface area contributed by atoms with E-state index in [4.69, 9.17) is 14.2 Å². The fourth-order valence-electron chi connectivity index (χ4n) is 13.4. The largest absolute Gasteiger partial charge is 0.446 e. The van der Waals surface area contributed by atoms with Crippen LogP contribution in [0.25, 0.3) is 0 Å². The molecule has 0 radical (unpaired) electrons. The minimum Gasteiger partial charge on any atom is -0.446 e. The van der Waals surface area contributed by atoms with Crippen molar-refractivity contribution in [3.63, 3.8) is 0 Å². The highest BCUT2D eigenvalue weighted by Gasteiger charge is 2.83. The van der Waals surface area contributed by atoms with Gasteiger partial charge in [0.1, 0.15) is 12.2 Å². The van der Waals surface area contributed by atoms with E-state index in [9.17, 15) is 14.7 Å². The molecule has 0 aromatic carbocycles. The van der Waals surface area contributed by atoms with Gasteiger partial charge in [0.2, 0.25) is 0 Å². The first-order valence-corrected chi connectivity index (χ1v) is 19.3. The van der Waals surface area contributed by atoms with Crippen molar-refractivity contribution in [1.82, 2.24) is 9.80 Å². The van der Waals surface area contributed by atoms with Crippen LogP contribution < -0.4 is 0 Å². The maximum absolute atomic E-state index is 12.9. The SMILES string of the molecule is COC(C[C@@H](C)[C@H]1C[C@H](O)[C@@]2(C)C3CC[C@H]4C(C)(C)C(OC(=O)N5CCC5)CCC45CC35CCC12C)C(OC(=O)N1CCC1)C(C)C. The molecule has 0 aromatic rings. The fourth-order valence-corrected chi connectivity index (χ4v) is 13.4. The van der Waals surface area contributed by atoms with Crippen molar-refractivity contribution in [2.45, 2.75) is 144 Å². The first-order valence-electron chi connectivity index (χ1n) is 19.3. The van der Waals surface area contributed by atoms with Crippen LogP contribution in [-0.4, -0.2) is 84.8 Å². The molecule has 12 atom stereocenters. The summed E-state index contributed by atoms with van der Waals surface area (Å²) in [6.45, 7) is 19.6. The van der Waals surface area contributed by atoms with Gasteiger partial charge in [-0.05, 0) is 116 Å². The van der Waals surface area contributed by atoms with E-state index < -0.39 is 0 Å². The number of aliphatic hydroxyl groups is 1. The van der Waals surface area contributed by atoms with Crippen LogP contribution >= 0.6 is 0 Å². The van der Waals surface area contributed by atoms with Crippen LogP contribution in [0.1, 0.15) is 119 Å². The molecule has 7 unspecified atom stereocenters. The highest BCUT2D eigenvalue weighted by atomic mass is 16.6. The van der Waals surface area contributed by atoms with Crippen LogP contribution in [0.4, 0.5) is 9.59 Å². The predicted octanol–water partition coefficient (Wildman–Crippen LogP) is 7.52. The van der Waals surface area contributed by atoms with Crippen molar-refractivity contribution >= 4 is 12.2 Å². The third kappa shape index (κ3) is 4.71. The van der Waals surface area contributed by atoms with Crippen LogP contribution in [0, 0.1) is 56.7 Å². The molecule has 7 rings (SSSR count). The minimum atomic E-state index is -0.315. The van der Waals surface area contributed by atoms with Gasteiger partial charge in [-0.1, -0.05) is 48.5 Å². The van der Waals surface area contributed by atoms with Gasteiger partial charge in [-0.2, -0.15) is 0 Å². The van der Waals surface area contributed by atoms with E-state index >= 15 is 0 Å². The summed E-state index contributed by atoms with van der Waals surface area (Å²) < 4.78 is 18.4. The van der Waals surface area contributed by atoms with E-state index in [1.807, 2.05) is 4.90 Å².